The predicted molar refractivity (Wildman–Crippen MR) is 110 cm³/mol. The van der Waals surface area contributed by atoms with Gasteiger partial charge < -0.3 is 9.32 Å². The van der Waals surface area contributed by atoms with Crippen molar-refractivity contribution in [2.75, 3.05) is 13.1 Å². The van der Waals surface area contributed by atoms with Crippen LogP contribution in [0.2, 0.25) is 0 Å². The largest absolute Gasteiger partial charge is 0.444 e. The van der Waals surface area contributed by atoms with E-state index in [0.717, 1.165) is 12.8 Å². The highest BCUT2D eigenvalue weighted by atomic mass is 32.2. The summed E-state index contributed by atoms with van der Waals surface area (Å²) in [5, 5.41) is -1.30. The van der Waals surface area contributed by atoms with Gasteiger partial charge in [0.1, 0.15) is 12.1 Å². The van der Waals surface area contributed by atoms with E-state index in [1.165, 1.54) is 24.5 Å². The zero-order chi connectivity index (χ0) is 21.1. The Bertz CT molecular complexity index is 1140. The number of sulfone groups is 1. The summed E-state index contributed by atoms with van der Waals surface area (Å²) in [6.45, 7) is 1.12. The third kappa shape index (κ3) is 4.28. The van der Waals surface area contributed by atoms with Crippen LogP contribution in [0, 0.1) is 5.82 Å². The van der Waals surface area contributed by atoms with Gasteiger partial charge in [-0.3, -0.25) is 4.79 Å². The topological polar surface area (TPSA) is 80.5 Å². The molecule has 0 N–H and O–H groups in total. The van der Waals surface area contributed by atoms with Gasteiger partial charge in [-0.2, -0.15) is 0 Å². The Kier molecular flexibility index (Phi) is 5.67. The summed E-state index contributed by atoms with van der Waals surface area (Å²) in [6, 6.07) is 14.2. The van der Waals surface area contributed by atoms with Crippen LogP contribution < -0.4 is 0 Å². The Morgan fingerprint density at radius 1 is 1.10 bits per heavy atom. The van der Waals surface area contributed by atoms with Crippen molar-refractivity contribution in [1.82, 2.24) is 9.88 Å². The van der Waals surface area contributed by atoms with Gasteiger partial charge in [0, 0.05) is 18.7 Å². The highest BCUT2D eigenvalue weighted by molar-refractivity contribution is 7.91. The molecule has 1 saturated heterocycles. The van der Waals surface area contributed by atoms with Gasteiger partial charge in [0.05, 0.1) is 11.4 Å². The van der Waals surface area contributed by atoms with E-state index in [2.05, 4.69) is 4.98 Å². The summed E-state index contributed by atoms with van der Waals surface area (Å²) in [7, 11) is -3.93. The number of hydrogen-bond donors (Lipinski definition) is 0. The molecule has 1 aliphatic heterocycles. The number of amides is 1. The van der Waals surface area contributed by atoms with Crippen LogP contribution in [0.1, 0.15) is 29.3 Å². The van der Waals surface area contributed by atoms with Crippen LogP contribution in [0.4, 0.5) is 4.39 Å². The molecule has 8 heteroatoms. The summed E-state index contributed by atoms with van der Waals surface area (Å²) in [5.41, 5.74) is 1.01. The van der Waals surface area contributed by atoms with Crippen molar-refractivity contribution in [2.24, 2.45) is 0 Å². The molecule has 0 radical (unpaired) electrons. The van der Waals surface area contributed by atoms with Crippen molar-refractivity contribution >= 4 is 15.7 Å². The van der Waals surface area contributed by atoms with Crippen LogP contribution in [0.5, 0.6) is 0 Å². The minimum Gasteiger partial charge on any atom is -0.444 e. The standard InChI is InChI=1S/C22H21FN2O4S/c23-18-10-6-9-17(13-18)21-24-19(14-29-21)15-30(27,28)20(16-7-2-1-3-8-16)22(26)25-11-4-5-12-25/h1-3,6-10,13-14,20H,4-5,11-12,15H2. The maximum Gasteiger partial charge on any atom is 0.245 e. The molecule has 1 aromatic heterocycles. The van der Waals surface area contributed by atoms with Crippen molar-refractivity contribution in [1.29, 1.82) is 0 Å². The predicted octanol–water partition coefficient (Wildman–Crippen LogP) is 3.76. The zero-order valence-corrected chi connectivity index (χ0v) is 17.0. The second-order valence-corrected chi connectivity index (χ2v) is 9.37. The van der Waals surface area contributed by atoms with E-state index in [9.17, 15) is 17.6 Å². The molecule has 1 fully saturated rings. The third-order valence-corrected chi connectivity index (χ3v) is 6.97. The van der Waals surface area contributed by atoms with Crippen molar-refractivity contribution in [2.45, 2.75) is 23.8 Å². The number of carbonyl (C=O) groups excluding carboxylic acids is 1. The SMILES string of the molecule is O=C(C(c1ccccc1)S(=O)(=O)Cc1coc(-c2cccc(F)c2)n1)N1CCCC1. The molecule has 156 valence electrons. The number of aromatic nitrogens is 1. The molecule has 0 bridgehead atoms. The summed E-state index contributed by atoms with van der Waals surface area (Å²) >= 11 is 0. The first-order valence-electron chi connectivity index (χ1n) is 9.70. The maximum absolute atomic E-state index is 13.5. The first-order chi connectivity index (χ1) is 14.4. The van der Waals surface area contributed by atoms with Gasteiger partial charge in [-0.25, -0.2) is 17.8 Å². The number of likely N-dealkylation sites (tertiary alicyclic amines) is 1. The molecule has 1 atom stereocenters. The minimum absolute atomic E-state index is 0.127. The summed E-state index contributed by atoms with van der Waals surface area (Å²) in [6.07, 6.45) is 2.97. The molecule has 2 aromatic carbocycles. The zero-order valence-electron chi connectivity index (χ0n) is 16.2. The Morgan fingerprint density at radius 2 is 1.83 bits per heavy atom. The van der Waals surface area contributed by atoms with Crippen molar-refractivity contribution < 1.29 is 22.0 Å². The lowest BCUT2D eigenvalue weighted by molar-refractivity contribution is -0.129. The summed E-state index contributed by atoms with van der Waals surface area (Å²) in [4.78, 5) is 18.9. The summed E-state index contributed by atoms with van der Waals surface area (Å²) in [5.74, 6) is -1.18. The fraction of sp³-hybridized carbons (Fsp3) is 0.273. The van der Waals surface area contributed by atoms with Crippen LogP contribution in [0.25, 0.3) is 11.5 Å². The number of halogens is 1. The average molecular weight is 428 g/mol. The van der Waals surface area contributed by atoms with Gasteiger partial charge in [0.25, 0.3) is 0 Å². The minimum atomic E-state index is -3.93. The Morgan fingerprint density at radius 3 is 2.53 bits per heavy atom. The van der Waals surface area contributed by atoms with E-state index in [0.29, 0.717) is 24.2 Å². The molecular formula is C22H21FN2O4S. The average Bonchev–Trinajstić information content (AvgIpc) is 3.40. The lowest BCUT2D eigenvalue weighted by atomic mass is 10.1. The maximum atomic E-state index is 13.5. The normalized spacial score (nSPS) is 15.3. The van der Waals surface area contributed by atoms with Gasteiger partial charge in [-0.1, -0.05) is 36.4 Å². The Labute approximate surface area is 174 Å². The van der Waals surface area contributed by atoms with Crippen LogP contribution in [0.15, 0.2) is 65.3 Å². The number of benzene rings is 2. The molecule has 1 amide bonds. The van der Waals surface area contributed by atoms with E-state index in [-0.39, 0.29) is 11.6 Å². The second kappa shape index (κ2) is 8.39. The number of nitrogens with zero attached hydrogens (tertiary/aromatic N) is 2. The number of oxazole rings is 1. The van der Waals surface area contributed by atoms with Gasteiger partial charge >= 0.3 is 0 Å². The first-order valence-corrected chi connectivity index (χ1v) is 11.4. The van der Waals surface area contributed by atoms with E-state index < -0.39 is 32.6 Å². The molecule has 0 spiro atoms. The van der Waals surface area contributed by atoms with Crippen molar-refractivity contribution in [3.63, 3.8) is 0 Å². The van der Waals surface area contributed by atoms with E-state index in [1.807, 2.05) is 0 Å². The molecule has 6 nitrogen and oxygen atoms in total. The molecule has 0 saturated carbocycles. The van der Waals surface area contributed by atoms with Crippen molar-refractivity contribution in [3.05, 3.63) is 77.9 Å². The van der Waals surface area contributed by atoms with Crippen LogP contribution in [0.3, 0.4) is 0 Å². The van der Waals surface area contributed by atoms with Crippen molar-refractivity contribution in [3.8, 4) is 11.5 Å². The molecule has 1 aliphatic rings. The van der Waals surface area contributed by atoms with E-state index in [1.54, 1.807) is 41.3 Å². The molecule has 3 aromatic rings. The molecule has 30 heavy (non-hydrogen) atoms. The lowest BCUT2D eigenvalue weighted by Gasteiger charge is -2.23. The smallest absolute Gasteiger partial charge is 0.245 e. The van der Waals surface area contributed by atoms with Crippen LogP contribution in [-0.2, 0) is 20.4 Å². The van der Waals surface area contributed by atoms with Crippen LogP contribution >= 0.6 is 0 Å². The first kappa shape index (κ1) is 20.3. The highest BCUT2D eigenvalue weighted by Gasteiger charge is 2.38. The Balaban J connectivity index is 1.63. The number of carbonyl (C=O) groups is 1. The van der Waals surface area contributed by atoms with Crippen LogP contribution in [-0.4, -0.2) is 37.3 Å². The highest BCUT2D eigenvalue weighted by Crippen LogP contribution is 2.30. The molecule has 4 rings (SSSR count). The summed E-state index contributed by atoms with van der Waals surface area (Å²) < 4.78 is 45.4. The molecule has 2 heterocycles. The molecular weight excluding hydrogens is 407 g/mol. The molecule has 1 unspecified atom stereocenters. The third-order valence-electron chi connectivity index (χ3n) is 5.08. The van der Waals surface area contributed by atoms with Gasteiger partial charge in [-0.05, 0) is 36.6 Å². The van der Waals surface area contributed by atoms with Gasteiger partial charge in [0.2, 0.25) is 11.8 Å². The van der Waals surface area contributed by atoms with E-state index in [4.69, 9.17) is 4.42 Å². The quantitative estimate of drug-likeness (QED) is 0.597. The number of hydrogen-bond acceptors (Lipinski definition) is 5. The Hall–Kier alpha value is -3.00. The molecule has 0 aliphatic carbocycles. The van der Waals surface area contributed by atoms with Gasteiger partial charge in [0.15, 0.2) is 15.1 Å². The fourth-order valence-corrected chi connectivity index (χ4v) is 5.39. The lowest BCUT2D eigenvalue weighted by Crippen LogP contribution is -2.36. The second-order valence-electron chi connectivity index (χ2n) is 7.28. The monoisotopic (exact) mass is 428 g/mol. The van der Waals surface area contributed by atoms with E-state index >= 15 is 0 Å². The van der Waals surface area contributed by atoms with Gasteiger partial charge in [-0.15, -0.1) is 0 Å². The fourth-order valence-electron chi connectivity index (χ4n) is 3.65. The number of rotatable bonds is 6.